The van der Waals surface area contributed by atoms with Crippen LogP contribution in [0.5, 0.6) is 5.75 Å². The first-order chi connectivity index (χ1) is 10.4. The number of nitrogens with zero attached hydrogens (tertiary/aromatic N) is 1. The number of aryl methyl sites for hydroxylation is 1. The summed E-state index contributed by atoms with van der Waals surface area (Å²) in [6.07, 6.45) is -2.93. The molecule has 2 aromatic carbocycles. The van der Waals surface area contributed by atoms with Gasteiger partial charge >= 0.3 is 27.2 Å². The van der Waals surface area contributed by atoms with Crippen molar-refractivity contribution in [3.8, 4) is 5.75 Å². The van der Waals surface area contributed by atoms with Gasteiger partial charge in [-0.05, 0) is 42.8 Å². The Kier molecular flexibility index (Phi) is 11.7. The molecular weight excluding hydrogens is 405 g/mol. The van der Waals surface area contributed by atoms with Crippen molar-refractivity contribution < 1.29 is 39.3 Å². The van der Waals surface area contributed by atoms with Gasteiger partial charge < -0.3 is 5.11 Å². The van der Waals surface area contributed by atoms with Crippen LogP contribution in [0.25, 0.3) is 0 Å². The number of aliphatic imine (C=N–C) groups is 1. The van der Waals surface area contributed by atoms with Crippen LogP contribution in [0.15, 0.2) is 47.5 Å². The van der Waals surface area contributed by atoms with Gasteiger partial charge in [0.15, 0.2) is 0 Å². The minimum atomic E-state index is -4.35. The Morgan fingerprint density at radius 1 is 1.04 bits per heavy atom. The molecule has 0 aliphatic heterocycles. The molecule has 0 radical (unpaired) electrons. The van der Waals surface area contributed by atoms with Gasteiger partial charge in [-0.25, -0.2) is 0 Å². The first kappa shape index (κ1) is 24.9. The van der Waals surface area contributed by atoms with Crippen LogP contribution < -0.4 is 0 Å². The molecule has 0 heterocycles. The SMILES string of the molecule is Cc1cccc(C=Nc2ccc(C(F)(F)F)cc2)c1O.Cl.Cl.[O]=[V]. The molecule has 0 bridgehead atoms. The molecular formula is C15H14Cl2F3NO2V. The van der Waals surface area contributed by atoms with Crippen molar-refractivity contribution in [1.82, 2.24) is 0 Å². The standard InChI is InChI=1S/C15H12F3NO.2ClH.O.V/c1-10-3-2-4-11(14(10)20)9-19-13-7-5-12(6-8-13)15(16,17)18;;;;/h2-9,20H,1H3;2*1H;;. The van der Waals surface area contributed by atoms with E-state index in [1.807, 2.05) is 0 Å². The van der Waals surface area contributed by atoms with Crippen molar-refractivity contribution >= 4 is 36.7 Å². The zero-order chi connectivity index (χ0) is 16.8. The Bertz CT molecular complexity index is 665. The molecule has 9 heteroatoms. The van der Waals surface area contributed by atoms with Crippen LogP contribution in [0.3, 0.4) is 0 Å². The predicted octanol–water partition coefficient (Wildman–Crippen LogP) is 5.19. The fourth-order valence-electron chi connectivity index (χ4n) is 1.67. The number of phenols is 1. The topological polar surface area (TPSA) is 49.7 Å². The molecule has 0 saturated heterocycles. The van der Waals surface area contributed by atoms with Crippen molar-refractivity contribution in [2.24, 2.45) is 4.99 Å². The zero-order valence-electron chi connectivity index (χ0n) is 12.3. The number of aromatic hydroxyl groups is 1. The summed E-state index contributed by atoms with van der Waals surface area (Å²) in [5.74, 6) is 0.114. The number of halogens is 5. The Balaban J connectivity index is 0. The van der Waals surface area contributed by atoms with Gasteiger partial charge in [0.05, 0.1) is 11.3 Å². The molecule has 3 nitrogen and oxygen atoms in total. The number of phenolic OH excluding ortho intramolecular Hbond substituents is 1. The Morgan fingerprint density at radius 2 is 1.58 bits per heavy atom. The van der Waals surface area contributed by atoms with E-state index in [0.29, 0.717) is 16.8 Å². The summed E-state index contributed by atoms with van der Waals surface area (Å²) in [6.45, 7) is 1.75. The van der Waals surface area contributed by atoms with Crippen molar-refractivity contribution in [3.63, 3.8) is 0 Å². The second-order valence-corrected chi connectivity index (χ2v) is 4.32. The second-order valence-electron chi connectivity index (χ2n) is 4.32. The molecule has 0 spiro atoms. The summed E-state index contributed by atoms with van der Waals surface area (Å²) in [6, 6.07) is 9.72. The monoisotopic (exact) mass is 418 g/mol. The quantitative estimate of drug-likeness (QED) is 0.682. The van der Waals surface area contributed by atoms with Crippen LogP contribution in [-0.2, 0) is 27.2 Å². The molecule has 2 aromatic rings. The van der Waals surface area contributed by atoms with Crippen LogP contribution >= 0.6 is 24.8 Å². The van der Waals surface area contributed by atoms with Gasteiger partial charge in [-0.2, -0.15) is 13.2 Å². The number of alkyl halides is 3. The molecule has 0 fully saturated rings. The third-order valence-electron chi connectivity index (χ3n) is 2.82. The number of hydrogen-bond acceptors (Lipinski definition) is 3. The summed E-state index contributed by atoms with van der Waals surface area (Å²) in [4.78, 5) is 4.05. The molecule has 131 valence electrons. The van der Waals surface area contributed by atoms with E-state index in [-0.39, 0.29) is 30.6 Å². The van der Waals surface area contributed by atoms with Crippen LogP contribution in [0.2, 0.25) is 0 Å². The fourth-order valence-corrected chi connectivity index (χ4v) is 1.67. The molecule has 0 aliphatic rings. The van der Waals surface area contributed by atoms with E-state index in [4.69, 9.17) is 3.67 Å². The molecule has 2 rings (SSSR count). The van der Waals surface area contributed by atoms with E-state index in [2.05, 4.69) is 4.99 Å². The summed E-state index contributed by atoms with van der Waals surface area (Å²) in [5.41, 5.74) is 0.903. The summed E-state index contributed by atoms with van der Waals surface area (Å²) < 4.78 is 45.4. The molecule has 0 amide bonds. The summed E-state index contributed by atoms with van der Waals surface area (Å²) in [7, 11) is 0. The van der Waals surface area contributed by atoms with Crippen molar-refractivity contribution in [2.75, 3.05) is 0 Å². The Morgan fingerprint density at radius 3 is 2.08 bits per heavy atom. The van der Waals surface area contributed by atoms with Gasteiger partial charge in [-0.1, -0.05) is 12.1 Å². The predicted molar refractivity (Wildman–Crippen MR) is 86.7 cm³/mol. The minimum absolute atomic E-state index is 0. The molecule has 24 heavy (non-hydrogen) atoms. The van der Waals surface area contributed by atoms with Gasteiger partial charge in [0.2, 0.25) is 0 Å². The number of hydrogen-bond donors (Lipinski definition) is 1. The second kappa shape index (κ2) is 11.3. The zero-order valence-corrected chi connectivity index (χ0v) is 15.3. The van der Waals surface area contributed by atoms with E-state index in [9.17, 15) is 18.3 Å². The van der Waals surface area contributed by atoms with Gasteiger partial charge in [0.25, 0.3) is 0 Å². The first-order valence-corrected chi connectivity index (χ1v) is 6.63. The number of benzene rings is 2. The van der Waals surface area contributed by atoms with Crippen LogP contribution in [0, 0.1) is 6.92 Å². The third-order valence-corrected chi connectivity index (χ3v) is 2.82. The summed E-state index contributed by atoms with van der Waals surface area (Å²) >= 11 is 1.06. The van der Waals surface area contributed by atoms with Crippen LogP contribution in [0.4, 0.5) is 18.9 Å². The van der Waals surface area contributed by atoms with Crippen molar-refractivity contribution in [1.29, 1.82) is 0 Å². The van der Waals surface area contributed by atoms with Crippen molar-refractivity contribution in [2.45, 2.75) is 13.1 Å². The molecule has 0 saturated carbocycles. The van der Waals surface area contributed by atoms with Gasteiger partial charge in [-0.3, -0.25) is 4.99 Å². The first-order valence-electron chi connectivity index (χ1n) is 6.06. The van der Waals surface area contributed by atoms with E-state index < -0.39 is 11.7 Å². The van der Waals surface area contributed by atoms with Crippen molar-refractivity contribution in [3.05, 3.63) is 59.2 Å². The number of para-hydroxylation sites is 1. The maximum atomic E-state index is 12.4. The van der Waals surface area contributed by atoms with Crippen LogP contribution in [0.1, 0.15) is 16.7 Å². The van der Waals surface area contributed by atoms with E-state index in [1.165, 1.54) is 18.3 Å². The molecule has 0 aromatic heterocycles. The Hall–Kier alpha value is -1.34. The van der Waals surface area contributed by atoms with Crippen LogP contribution in [-0.4, -0.2) is 11.3 Å². The van der Waals surface area contributed by atoms with Gasteiger partial charge in [-0.15, -0.1) is 24.8 Å². The Labute approximate surface area is 159 Å². The molecule has 0 atom stereocenters. The fraction of sp³-hybridized carbons (Fsp3) is 0.133. The average molecular weight is 419 g/mol. The summed E-state index contributed by atoms with van der Waals surface area (Å²) in [5, 5.41) is 9.79. The van der Waals surface area contributed by atoms with E-state index in [0.717, 1.165) is 29.5 Å². The van der Waals surface area contributed by atoms with Gasteiger partial charge in [0.1, 0.15) is 5.75 Å². The average Bonchev–Trinajstić information content (AvgIpc) is 2.50. The maximum absolute atomic E-state index is 12.4. The normalized spacial score (nSPS) is 10.1. The van der Waals surface area contributed by atoms with E-state index >= 15 is 0 Å². The molecule has 0 unspecified atom stereocenters. The number of rotatable bonds is 2. The molecule has 0 aliphatic carbocycles. The third kappa shape index (κ3) is 7.05. The van der Waals surface area contributed by atoms with E-state index in [1.54, 1.807) is 25.1 Å². The molecule has 1 N–H and O–H groups in total. The van der Waals surface area contributed by atoms with Gasteiger partial charge in [0, 0.05) is 11.8 Å².